The summed E-state index contributed by atoms with van der Waals surface area (Å²) in [6.45, 7) is 10.8. The van der Waals surface area contributed by atoms with Gasteiger partial charge in [-0.25, -0.2) is 0 Å². The molecule has 1 rings (SSSR count). The van der Waals surface area contributed by atoms with E-state index in [-0.39, 0.29) is 0 Å². The van der Waals surface area contributed by atoms with Crippen molar-refractivity contribution in [1.82, 2.24) is 10.2 Å². The van der Waals surface area contributed by atoms with Crippen molar-refractivity contribution in [1.29, 1.82) is 0 Å². The van der Waals surface area contributed by atoms with Crippen LogP contribution in [-0.2, 0) is 0 Å². The fourth-order valence-corrected chi connectivity index (χ4v) is 2.65. The van der Waals surface area contributed by atoms with Crippen LogP contribution in [0.3, 0.4) is 0 Å². The molecule has 2 heteroatoms. The number of hydrogen-bond acceptors (Lipinski definition) is 2. The highest BCUT2D eigenvalue weighted by Crippen LogP contribution is 2.24. The summed E-state index contributed by atoms with van der Waals surface area (Å²) in [4.78, 5) is 2.69. The summed E-state index contributed by atoms with van der Waals surface area (Å²) in [5.74, 6) is 1.60. The van der Waals surface area contributed by atoms with Crippen LogP contribution in [0.4, 0.5) is 0 Å². The van der Waals surface area contributed by atoms with Crippen molar-refractivity contribution in [2.45, 2.75) is 39.7 Å². The molecule has 0 aliphatic carbocycles. The van der Waals surface area contributed by atoms with Crippen LogP contribution in [0, 0.1) is 11.8 Å². The average molecular weight is 198 g/mol. The molecule has 84 valence electrons. The largest absolute Gasteiger partial charge is 0.319 e. The molecule has 2 nitrogen and oxygen atoms in total. The molecule has 1 fully saturated rings. The van der Waals surface area contributed by atoms with Crippen molar-refractivity contribution in [3.05, 3.63) is 0 Å². The second-order valence-corrected chi connectivity index (χ2v) is 5.11. The van der Waals surface area contributed by atoms with Crippen LogP contribution in [0.5, 0.6) is 0 Å². The predicted molar refractivity (Wildman–Crippen MR) is 62.5 cm³/mol. The molecule has 0 aromatic heterocycles. The van der Waals surface area contributed by atoms with Gasteiger partial charge in [0.25, 0.3) is 0 Å². The number of rotatable bonds is 5. The quantitative estimate of drug-likeness (QED) is 0.726. The summed E-state index contributed by atoms with van der Waals surface area (Å²) in [5.41, 5.74) is 0. The fourth-order valence-electron chi connectivity index (χ4n) is 2.65. The van der Waals surface area contributed by atoms with Gasteiger partial charge in [0, 0.05) is 12.6 Å². The second kappa shape index (κ2) is 5.72. The van der Waals surface area contributed by atoms with Gasteiger partial charge < -0.3 is 5.32 Å². The van der Waals surface area contributed by atoms with E-state index in [4.69, 9.17) is 0 Å². The Bertz CT molecular complexity index is 156. The van der Waals surface area contributed by atoms with E-state index in [1.54, 1.807) is 0 Å². The molecule has 2 unspecified atom stereocenters. The first-order valence-corrected chi connectivity index (χ1v) is 6.03. The molecule has 14 heavy (non-hydrogen) atoms. The van der Waals surface area contributed by atoms with E-state index in [2.05, 4.69) is 31.0 Å². The summed E-state index contributed by atoms with van der Waals surface area (Å²) in [6, 6.07) is 0.842. The van der Waals surface area contributed by atoms with Gasteiger partial charge in [-0.3, -0.25) is 4.90 Å². The molecule has 0 bridgehead atoms. The highest BCUT2D eigenvalue weighted by atomic mass is 15.2. The Balaban J connectivity index is 2.35. The molecule has 0 amide bonds. The van der Waals surface area contributed by atoms with Gasteiger partial charge in [0.1, 0.15) is 0 Å². The van der Waals surface area contributed by atoms with Crippen molar-refractivity contribution in [2.75, 3.05) is 26.7 Å². The Morgan fingerprint density at radius 3 is 2.64 bits per heavy atom. The molecule has 0 aromatic carbocycles. The average Bonchev–Trinajstić information content (AvgIpc) is 2.52. The van der Waals surface area contributed by atoms with E-state index in [1.165, 1.54) is 25.9 Å². The van der Waals surface area contributed by atoms with Crippen molar-refractivity contribution in [3.8, 4) is 0 Å². The van der Waals surface area contributed by atoms with Crippen LogP contribution in [0.1, 0.15) is 33.6 Å². The van der Waals surface area contributed by atoms with Crippen LogP contribution in [-0.4, -0.2) is 37.6 Å². The van der Waals surface area contributed by atoms with Gasteiger partial charge >= 0.3 is 0 Å². The van der Waals surface area contributed by atoms with Gasteiger partial charge in [0.05, 0.1) is 0 Å². The fraction of sp³-hybridized carbons (Fsp3) is 1.00. The van der Waals surface area contributed by atoms with E-state index in [0.29, 0.717) is 0 Å². The van der Waals surface area contributed by atoms with Gasteiger partial charge in [-0.05, 0) is 44.8 Å². The summed E-state index contributed by atoms with van der Waals surface area (Å²) in [5, 5.41) is 3.26. The molecule has 1 heterocycles. The van der Waals surface area contributed by atoms with Gasteiger partial charge in [0.15, 0.2) is 0 Å². The highest BCUT2D eigenvalue weighted by Gasteiger charge is 2.27. The molecular formula is C12H26N2. The molecule has 2 atom stereocenters. The standard InChI is InChI=1S/C12H26N2/c1-10(2)12-6-5-7-14(12)9-11(3)8-13-4/h10-13H,5-9H2,1-4H3. The van der Waals surface area contributed by atoms with E-state index in [1.807, 2.05) is 7.05 Å². The van der Waals surface area contributed by atoms with Crippen molar-refractivity contribution >= 4 is 0 Å². The van der Waals surface area contributed by atoms with Gasteiger partial charge in [-0.1, -0.05) is 20.8 Å². The SMILES string of the molecule is CNCC(C)CN1CCCC1C(C)C. The maximum Gasteiger partial charge on any atom is 0.0119 e. The Morgan fingerprint density at radius 2 is 2.07 bits per heavy atom. The zero-order valence-electron chi connectivity index (χ0n) is 10.2. The summed E-state index contributed by atoms with van der Waals surface area (Å²) < 4.78 is 0. The van der Waals surface area contributed by atoms with Crippen LogP contribution in [0.15, 0.2) is 0 Å². The van der Waals surface area contributed by atoms with E-state index >= 15 is 0 Å². The van der Waals surface area contributed by atoms with Crippen molar-refractivity contribution in [3.63, 3.8) is 0 Å². The molecule has 1 saturated heterocycles. The summed E-state index contributed by atoms with van der Waals surface area (Å²) in [7, 11) is 2.04. The zero-order valence-corrected chi connectivity index (χ0v) is 10.2. The maximum atomic E-state index is 3.26. The summed E-state index contributed by atoms with van der Waals surface area (Å²) in [6.07, 6.45) is 2.80. The number of nitrogens with one attached hydrogen (secondary N) is 1. The smallest absolute Gasteiger partial charge is 0.0119 e. The van der Waals surface area contributed by atoms with Crippen LogP contribution >= 0.6 is 0 Å². The molecule has 0 spiro atoms. The zero-order chi connectivity index (χ0) is 10.6. The maximum absolute atomic E-state index is 3.26. The predicted octanol–water partition coefficient (Wildman–Crippen LogP) is 1.96. The number of likely N-dealkylation sites (tertiary alicyclic amines) is 1. The first kappa shape index (κ1) is 12.0. The first-order chi connectivity index (χ1) is 6.65. The lowest BCUT2D eigenvalue weighted by Crippen LogP contribution is -2.38. The molecular weight excluding hydrogens is 172 g/mol. The van der Waals surface area contributed by atoms with Crippen molar-refractivity contribution < 1.29 is 0 Å². The molecule has 0 saturated carbocycles. The first-order valence-electron chi connectivity index (χ1n) is 6.03. The molecule has 1 N–H and O–H groups in total. The van der Waals surface area contributed by atoms with E-state index < -0.39 is 0 Å². The van der Waals surface area contributed by atoms with Crippen molar-refractivity contribution in [2.24, 2.45) is 11.8 Å². The van der Waals surface area contributed by atoms with Crippen LogP contribution in [0.2, 0.25) is 0 Å². The Hall–Kier alpha value is -0.0800. The molecule has 0 radical (unpaired) electrons. The summed E-state index contributed by atoms with van der Waals surface area (Å²) >= 11 is 0. The minimum absolute atomic E-state index is 0.777. The third-order valence-corrected chi connectivity index (χ3v) is 3.28. The Kier molecular flexibility index (Phi) is 4.90. The van der Waals surface area contributed by atoms with Gasteiger partial charge in [-0.15, -0.1) is 0 Å². The minimum Gasteiger partial charge on any atom is -0.319 e. The van der Waals surface area contributed by atoms with E-state index in [0.717, 1.165) is 24.4 Å². The van der Waals surface area contributed by atoms with Gasteiger partial charge in [0.2, 0.25) is 0 Å². The third kappa shape index (κ3) is 3.25. The topological polar surface area (TPSA) is 15.3 Å². The van der Waals surface area contributed by atoms with Gasteiger partial charge in [-0.2, -0.15) is 0 Å². The number of nitrogens with zero attached hydrogens (tertiary/aromatic N) is 1. The monoisotopic (exact) mass is 198 g/mol. The lowest BCUT2D eigenvalue weighted by atomic mass is 10.0. The highest BCUT2D eigenvalue weighted by molar-refractivity contribution is 4.82. The number of hydrogen-bond donors (Lipinski definition) is 1. The molecule has 1 aliphatic rings. The minimum atomic E-state index is 0.777. The normalized spacial score (nSPS) is 25.9. The molecule has 0 aromatic rings. The Labute approximate surface area is 89.1 Å². The lowest BCUT2D eigenvalue weighted by Gasteiger charge is -2.29. The molecule has 1 aliphatic heterocycles. The van der Waals surface area contributed by atoms with E-state index in [9.17, 15) is 0 Å². The Morgan fingerprint density at radius 1 is 1.36 bits per heavy atom. The lowest BCUT2D eigenvalue weighted by molar-refractivity contribution is 0.181. The third-order valence-electron chi connectivity index (χ3n) is 3.28. The van der Waals surface area contributed by atoms with Crippen LogP contribution < -0.4 is 5.32 Å². The second-order valence-electron chi connectivity index (χ2n) is 5.11. The van der Waals surface area contributed by atoms with Crippen LogP contribution in [0.25, 0.3) is 0 Å².